The van der Waals surface area contributed by atoms with Crippen molar-refractivity contribution in [3.05, 3.63) is 64.5 Å². The van der Waals surface area contributed by atoms with Crippen LogP contribution >= 0.6 is 34.4 Å². The van der Waals surface area contributed by atoms with E-state index in [0.717, 1.165) is 31.5 Å². The van der Waals surface area contributed by atoms with Gasteiger partial charge in [0.05, 0.1) is 10.2 Å². The van der Waals surface area contributed by atoms with Gasteiger partial charge in [0.1, 0.15) is 10.0 Å². The lowest BCUT2D eigenvalue weighted by molar-refractivity contribution is -0.115. The number of thiophene rings is 1. The molecule has 0 radical (unpaired) electrons. The largest absolute Gasteiger partial charge is 0.317 e. The molecule has 2 heterocycles. The van der Waals surface area contributed by atoms with E-state index in [-0.39, 0.29) is 5.91 Å². The number of aromatic nitrogens is 1. The highest BCUT2D eigenvalue weighted by Gasteiger charge is 2.19. The zero-order valence-electron chi connectivity index (χ0n) is 16.6. The van der Waals surface area contributed by atoms with Gasteiger partial charge < -0.3 is 5.32 Å². The molecule has 0 aliphatic carbocycles. The first-order valence-electron chi connectivity index (χ1n) is 9.46. The molecule has 29 heavy (non-hydrogen) atoms. The average molecular weight is 439 g/mol. The Hall–Kier alpha value is -2.15. The van der Waals surface area contributed by atoms with Crippen LogP contribution in [0.15, 0.2) is 53.4 Å². The van der Waals surface area contributed by atoms with Crippen molar-refractivity contribution in [3.63, 3.8) is 0 Å². The van der Waals surface area contributed by atoms with Crippen LogP contribution in [0.25, 0.3) is 20.8 Å². The number of benzene rings is 2. The topological polar surface area (TPSA) is 42.0 Å². The number of carbonyl (C=O) groups is 1. The molecule has 0 atom stereocenters. The van der Waals surface area contributed by atoms with E-state index in [1.54, 1.807) is 34.4 Å². The third-order valence-corrected chi connectivity index (χ3v) is 7.96. The summed E-state index contributed by atoms with van der Waals surface area (Å²) >= 11 is 5.02. The van der Waals surface area contributed by atoms with Crippen LogP contribution < -0.4 is 5.32 Å². The highest BCUT2D eigenvalue weighted by atomic mass is 32.2. The van der Waals surface area contributed by atoms with E-state index in [2.05, 4.69) is 56.4 Å². The standard InChI is InChI=1S/C23H22N2OS3/c1-14-8-10-17(11-9-14)27-13-12-20(26)25-23-21(15(2)16(3)28-23)22-24-18-6-4-5-7-19(18)29-22/h4-11H,12-13H2,1-3H3,(H,25,26). The fraction of sp³-hybridized carbons (Fsp3) is 0.217. The molecule has 0 fully saturated rings. The Balaban J connectivity index is 1.47. The molecule has 0 saturated carbocycles. The van der Waals surface area contributed by atoms with E-state index >= 15 is 0 Å². The van der Waals surface area contributed by atoms with Crippen molar-refractivity contribution < 1.29 is 4.79 Å². The lowest BCUT2D eigenvalue weighted by Gasteiger charge is -2.06. The fourth-order valence-electron chi connectivity index (χ4n) is 3.04. The summed E-state index contributed by atoms with van der Waals surface area (Å²) in [7, 11) is 0. The van der Waals surface area contributed by atoms with Crippen molar-refractivity contribution in [2.45, 2.75) is 32.1 Å². The zero-order chi connectivity index (χ0) is 20.4. The Morgan fingerprint density at radius 2 is 1.79 bits per heavy atom. The molecule has 0 saturated heterocycles. The molecule has 148 valence electrons. The minimum absolute atomic E-state index is 0.0493. The Morgan fingerprint density at radius 1 is 1.03 bits per heavy atom. The second-order valence-corrected chi connectivity index (χ2v) is 10.4. The molecule has 1 amide bonds. The van der Waals surface area contributed by atoms with Gasteiger partial charge in [-0.1, -0.05) is 29.8 Å². The van der Waals surface area contributed by atoms with Gasteiger partial charge in [0.25, 0.3) is 0 Å². The number of thioether (sulfide) groups is 1. The highest BCUT2D eigenvalue weighted by molar-refractivity contribution is 7.99. The molecule has 4 rings (SSSR count). The third kappa shape index (κ3) is 4.55. The van der Waals surface area contributed by atoms with Gasteiger partial charge in [0.2, 0.25) is 5.91 Å². The van der Waals surface area contributed by atoms with Crippen LogP contribution in [0.3, 0.4) is 0 Å². The first kappa shape index (κ1) is 20.1. The maximum atomic E-state index is 12.6. The Labute approximate surface area is 183 Å². The van der Waals surface area contributed by atoms with Crippen molar-refractivity contribution in [2.24, 2.45) is 0 Å². The first-order chi connectivity index (χ1) is 14.0. The van der Waals surface area contributed by atoms with Crippen LogP contribution in [0.5, 0.6) is 0 Å². The molecule has 2 aromatic carbocycles. The smallest absolute Gasteiger partial charge is 0.225 e. The molecule has 0 unspecified atom stereocenters. The molecule has 0 aliphatic rings. The Morgan fingerprint density at radius 3 is 2.55 bits per heavy atom. The summed E-state index contributed by atoms with van der Waals surface area (Å²) in [4.78, 5) is 19.8. The molecule has 6 heteroatoms. The zero-order valence-corrected chi connectivity index (χ0v) is 19.1. The van der Waals surface area contributed by atoms with Gasteiger partial charge in [-0.25, -0.2) is 4.98 Å². The van der Waals surface area contributed by atoms with Gasteiger partial charge in [0, 0.05) is 27.5 Å². The number of rotatable bonds is 6. The molecular weight excluding hydrogens is 416 g/mol. The number of nitrogens with zero attached hydrogens (tertiary/aromatic N) is 1. The number of nitrogens with one attached hydrogen (secondary N) is 1. The second kappa shape index (κ2) is 8.69. The maximum absolute atomic E-state index is 12.6. The molecule has 1 N–H and O–H groups in total. The normalized spacial score (nSPS) is 11.1. The van der Waals surface area contributed by atoms with E-state index in [4.69, 9.17) is 4.98 Å². The van der Waals surface area contributed by atoms with Crippen molar-refractivity contribution >= 4 is 55.6 Å². The van der Waals surface area contributed by atoms with Gasteiger partial charge >= 0.3 is 0 Å². The van der Waals surface area contributed by atoms with E-state index < -0.39 is 0 Å². The van der Waals surface area contributed by atoms with Crippen LogP contribution in [0.2, 0.25) is 0 Å². The molecule has 4 aromatic rings. The van der Waals surface area contributed by atoms with Crippen molar-refractivity contribution in [2.75, 3.05) is 11.1 Å². The molecule has 2 aromatic heterocycles. The van der Waals surface area contributed by atoms with Gasteiger partial charge in [-0.3, -0.25) is 4.79 Å². The summed E-state index contributed by atoms with van der Waals surface area (Å²) in [6.45, 7) is 6.28. The summed E-state index contributed by atoms with van der Waals surface area (Å²) in [5.41, 5.74) is 4.51. The van der Waals surface area contributed by atoms with Gasteiger partial charge in [-0.05, 0) is 50.6 Å². The summed E-state index contributed by atoms with van der Waals surface area (Å²) in [5.74, 6) is 0.808. The predicted molar refractivity (Wildman–Crippen MR) is 128 cm³/mol. The number of thiazole rings is 1. The Kier molecular flexibility index (Phi) is 6.04. The van der Waals surface area contributed by atoms with Crippen LogP contribution in [0, 0.1) is 20.8 Å². The summed E-state index contributed by atoms with van der Waals surface area (Å²) in [5, 5.41) is 5.02. The van der Waals surface area contributed by atoms with E-state index in [1.807, 2.05) is 18.2 Å². The van der Waals surface area contributed by atoms with Crippen molar-refractivity contribution in [1.29, 1.82) is 0 Å². The minimum atomic E-state index is 0.0493. The number of amides is 1. The minimum Gasteiger partial charge on any atom is -0.317 e. The van der Waals surface area contributed by atoms with Gasteiger partial charge in [0.15, 0.2) is 0 Å². The Bertz CT molecular complexity index is 1130. The number of aryl methyl sites for hydroxylation is 2. The number of para-hydroxylation sites is 1. The number of fused-ring (bicyclic) bond motifs is 1. The molecule has 0 spiro atoms. The van der Waals surface area contributed by atoms with E-state index in [0.29, 0.717) is 6.42 Å². The second-order valence-electron chi connectivity index (χ2n) is 6.93. The lowest BCUT2D eigenvalue weighted by atomic mass is 10.1. The molecule has 3 nitrogen and oxygen atoms in total. The molecular formula is C23H22N2OS3. The van der Waals surface area contributed by atoms with Crippen molar-refractivity contribution in [3.8, 4) is 10.6 Å². The third-order valence-electron chi connectivity index (χ3n) is 4.76. The molecule has 0 aliphatic heterocycles. The van der Waals surface area contributed by atoms with Crippen molar-refractivity contribution in [1.82, 2.24) is 4.98 Å². The van der Waals surface area contributed by atoms with E-state index in [9.17, 15) is 4.79 Å². The van der Waals surface area contributed by atoms with E-state index in [1.165, 1.54) is 20.9 Å². The highest BCUT2D eigenvalue weighted by Crippen LogP contribution is 2.43. The first-order valence-corrected chi connectivity index (χ1v) is 12.1. The maximum Gasteiger partial charge on any atom is 0.225 e. The fourth-order valence-corrected chi connectivity index (χ4v) is 6.11. The van der Waals surface area contributed by atoms with Crippen LogP contribution in [0.4, 0.5) is 5.00 Å². The SMILES string of the molecule is Cc1ccc(SCCC(=O)Nc2sc(C)c(C)c2-c2nc3ccccc3s2)cc1. The van der Waals surface area contributed by atoms with Crippen LogP contribution in [0.1, 0.15) is 22.4 Å². The average Bonchev–Trinajstić information content (AvgIpc) is 3.24. The predicted octanol–water partition coefficient (Wildman–Crippen LogP) is 7.07. The van der Waals surface area contributed by atoms with Crippen LogP contribution in [-0.4, -0.2) is 16.6 Å². The summed E-state index contributed by atoms with van der Waals surface area (Å²) in [6, 6.07) is 16.6. The van der Waals surface area contributed by atoms with Gasteiger partial charge in [-0.15, -0.1) is 34.4 Å². The summed E-state index contributed by atoms with van der Waals surface area (Å²) in [6.07, 6.45) is 0.480. The van der Waals surface area contributed by atoms with Crippen LogP contribution in [-0.2, 0) is 4.79 Å². The number of hydrogen-bond donors (Lipinski definition) is 1. The summed E-state index contributed by atoms with van der Waals surface area (Å²) < 4.78 is 1.16. The van der Waals surface area contributed by atoms with Gasteiger partial charge in [-0.2, -0.15) is 0 Å². The number of carbonyl (C=O) groups excluding carboxylic acids is 1. The number of hydrogen-bond acceptors (Lipinski definition) is 5. The monoisotopic (exact) mass is 438 g/mol. The molecule has 0 bridgehead atoms. The number of anilines is 1. The lowest BCUT2D eigenvalue weighted by Crippen LogP contribution is -2.11. The quantitative estimate of drug-likeness (QED) is 0.327.